The highest BCUT2D eigenvalue weighted by molar-refractivity contribution is 7.13. The van der Waals surface area contributed by atoms with Crippen molar-refractivity contribution < 1.29 is 4.74 Å². The van der Waals surface area contributed by atoms with Crippen molar-refractivity contribution in [3.05, 3.63) is 35.3 Å². The Balaban J connectivity index is 2.52. The van der Waals surface area contributed by atoms with E-state index in [9.17, 15) is 0 Å². The van der Waals surface area contributed by atoms with Gasteiger partial charge in [-0.25, -0.2) is 4.98 Å². The summed E-state index contributed by atoms with van der Waals surface area (Å²) >= 11 is 1.63. The van der Waals surface area contributed by atoms with Crippen molar-refractivity contribution in [3.8, 4) is 16.3 Å². The van der Waals surface area contributed by atoms with Gasteiger partial charge in [-0.05, 0) is 23.6 Å². The minimum absolute atomic E-state index is 0.518. The molecule has 2 aromatic rings. The highest BCUT2D eigenvalue weighted by Gasteiger charge is 2.10. The molecule has 1 aromatic heterocycles. The van der Waals surface area contributed by atoms with Gasteiger partial charge in [0.05, 0.1) is 12.7 Å². The molecule has 0 fully saturated rings. The molecule has 1 aromatic carbocycles. The number of ether oxygens (including phenoxy) is 1. The van der Waals surface area contributed by atoms with Crippen LogP contribution >= 0.6 is 11.3 Å². The summed E-state index contributed by atoms with van der Waals surface area (Å²) in [6, 6.07) is 6.30. The van der Waals surface area contributed by atoms with E-state index in [0.29, 0.717) is 5.92 Å². The van der Waals surface area contributed by atoms with Crippen LogP contribution in [0.15, 0.2) is 29.8 Å². The lowest BCUT2D eigenvalue weighted by Crippen LogP contribution is -1.92. The van der Waals surface area contributed by atoms with E-state index in [1.807, 2.05) is 17.6 Å². The number of rotatable bonds is 3. The second-order valence-electron chi connectivity index (χ2n) is 3.95. The number of thiazole rings is 1. The maximum Gasteiger partial charge on any atom is 0.129 e. The Morgan fingerprint density at radius 3 is 2.69 bits per heavy atom. The Hall–Kier alpha value is -1.35. The Morgan fingerprint density at radius 1 is 1.31 bits per heavy atom. The van der Waals surface area contributed by atoms with Crippen LogP contribution in [0, 0.1) is 0 Å². The standard InChI is InChI=1S/C13H15NOS/c1-9(2)10-4-5-12(15-3)11(8-10)13-14-6-7-16-13/h4-9H,1-3H3. The third-order valence-electron chi connectivity index (χ3n) is 2.55. The van der Waals surface area contributed by atoms with Gasteiger partial charge in [-0.3, -0.25) is 0 Å². The zero-order chi connectivity index (χ0) is 11.5. The van der Waals surface area contributed by atoms with Crippen LogP contribution in [-0.2, 0) is 0 Å². The molecule has 0 aliphatic rings. The fourth-order valence-electron chi connectivity index (χ4n) is 1.61. The highest BCUT2D eigenvalue weighted by Crippen LogP contribution is 2.33. The van der Waals surface area contributed by atoms with E-state index < -0.39 is 0 Å². The van der Waals surface area contributed by atoms with Gasteiger partial charge in [0, 0.05) is 11.6 Å². The van der Waals surface area contributed by atoms with Crippen molar-refractivity contribution in [1.82, 2.24) is 4.98 Å². The molecule has 0 radical (unpaired) electrons. The minimum Gasteiger partial charge on any atom is -0.496 e. The third-order valence-corrected chi connectivity index (χ3v) is 3.36. The third kappa shape index (κ3) is 2.09. The molecule has 0 saturated heterocycles. The largest absolute Gasteiger partial charge is 0.496 e. The van der Waals surface area contributed by atoms with E-state index in [2.05, 4.69) is 31.0 Å². The van der Waals surface area contributed by atoms with Gasteiger partial charge in [-0.1, -0.05) is 19.9 Å². The maximum absolute atomic E-state index is 5.37. The summed E-state index contributed by atoms with van der Waals surface area (Å²) < 4.78 is 5.37. The first-order valence-corrected chi connectivity index (χ1v) is 6.18. The number of aromatic nitrogens is 1. The van der Waals surface area contributed by atoms with E-state index in [1.54, 1.807) is 18.4 Å². The number of hydrogen-bond acceptors (Lipinski definition) is 3. The molecule has 2 nitrogen and oxygen atoms in total. The molecule has 0 bridgehead atoms. The summed E-state index contributed by atoms with van der Waals surface area (Å²) in [7, 11) is 1.70. The Bertz CT molecular complexity index is 463. The first-order chi connectivity index (χ1) is 7.72. The van der Waals surface area contributed by atoms with Crippen LogP contribution in [0.25, 0.3) is 10.6 Å². The van der Waals surface area contributed by atoms with E-state index in [0.717, 1.165) is 16.3 Å². The fourth-order valence-corrected chi connectivity index (χ4v) is 2.27. The van der Waals surface area contributed by atoms with Crippen molar-refractivity contribution in [1.29, 1.82) is 0 Å². The van der Waals surface area contributed by atoms with Crippen LogP contribution < -0.4 is 4.74 Å². The molecule has 84 valence electrons. The van der Waals surface area contributed by atoms with E-state index in [4.69, 9.17) is 4.74 Å². The van der Waals surface area contributed by atoms with Gasteiger partial charge in [0.2, 0.25) is 0 Å². The number of hydrogen-bond donors (Lipinski definition) is 0. The Morgan fingerprint density at radius 2 is 2.12 bits per heavy atom. The second-order valence-corrected chi connectivity index (χ2v) is 4.85. The first kappa shape index (κ1) is 11.1. The Kier molecular flexibility index (Phi) is 3.25. The van der Waals surface area contributed by atoms with E-state index in [1.165, 1.54) is 5.56 Å². The molecule has 0 N–H and O–H groups in total. The predicted octanol–water partition coefficient (Wildman–Crippen LogP) is 3.94. The maximum atomic E-state index is 5.37. The average Bonchev–Trinajstić information content (AvgIpc) is 2.81. The fraction of sp³-hybridized carbons (Fsp3) is 0.308. The number of methoxy groups -OCH3 is 1. The van der Waals surface area contributed by atoms with Gasteiger partial charge in [0.15, 0.2) is 0 Å². The quantitative estimate of drug-likeness (QED) is 0.801. The lowest BCUT2D eigenvalue weighted by atomic mass is 10.0. The molecule has 16 heavy (non-hydrogen) atoms. The monoisotopic (exact) mass is 233 g/mol. The molecule has 0 aliphatic carbocycles. The van der Waals surface area contributed by atoms with Crippen molar-refractivity contribution >= 4 is 11.3 Å². The number of benzene rings is 1. The van der Waals surface area contributed by atoms with Gasteiger partial charge in [-0.2, -0.15) is 0 Å². The first-order valence-electron chi connectivity index (χ1n) is 5.30. The van der Waals surface area contributed by atoms with Crippen molar-refractivity contribution in [2.75, 3.05) is 7.11 Å². The highest BCUT2D eigenvalue weighted by atomic mass is 32.1. The number of nitrogens with zero attached hydrogens (tertiary/aromatic N) is 1. The molecule has 3 heteroatoms. The molecule has 1 heterocycles. The van der Waals surface area contributed by atoms with Crippen molar-refractivity contribution in [2.24, 2.45) is 0 Å². The van der Waals surface area contributed by atoms with Crippen LogP contribution in [0.3, 0.4) is 0 Å². The summed E-state index contributed by atoms with van der Waals surface area (Å²) in [5, 5.41) is 3.00. The molecular formula is C13H15NOS. The SMILES string of the molecule is COc1ccc(C(C)C)cc1-c1nccs1. The molecule has 0 atom stereocenters. The topological polar surface area (TPSA) is 22.1 Å². The summed E-state index contributed by atoms with van der Waals surface area (Å²) in [5.41, 5.74) is 2.40. The molecular weight excluding hydrogens is 218 g/mol. The lowest BCUT2D eigenvalue weighted by Gasteiger charge is -2.10. The summed E-state index contributed by atoms with van der Waals surface area (Å²) in [4.78, 5) is 4.33. The van der Waals surface area contributed by atoms with Gasteiger partial charge in [0.1, 0.15) is 10.8 Å². The minimum atomic E-state index is 0.518. The normalized spacial score (nSPS) is 10.8. The van der Waals surface area contributed by atoms with Gasteiger partial charge in [0.25, 0.3) is 0 Å². The summed E-state index contributed by atoms with van der Waals surface area (Å²) in [5.74, 6) is 1.41. The smallest absolute Gasteiger partial charge is 0.129 e. The predicted molar refractivity (Wildman–Crippen MR) is 68.2 cm³/mol. The zero-order valence-electron chi connectivity index (χ0n) is 9.73. The van der Waals surface area contributed by atoms with Crippen LogP contribution in [0.4, 0.5) is 0 Å². The van der Waals surface area contributed by atoms with Crippen LogP contribution in [0.5, 0.6) is 5.75 Å². The average molecular weight is 233 g/mol. The summed E-state index contributed by atoms with van der Waals surface area (Å²) in [6.07, 6.45) is 1.82. The molecule has 0 spiro atoms. The van der Waals surface area contributed by atoms with E-state index >= 15 is 0 Å². The van der Waals surface area contributed by atoms with Gasteiger partial charge < -0.3 is 4.74 Å². The molecule has 2 rings (SSSR count). The zero-order valence-corrected chi connectivity index (χ0v) is 10.5. The molecule has 0 amide bonds. The molecule has 0 aliphatic heterocycles. The molecule has 0 saturated carbocycles. The molecule has 0 unspecified atom stereocenters. The van der Waals surface area contributed by atoms with Crippen LogP contribution in [0.1, 0.15) is 25.3 Å². The summed E-state index contributed by atoms with van der Waals surface area (Å²) in [6.45, 7) is 4.38. The van der Waals surface area contributed by atoms with Gasteiger partial charge in [-0.15, -0.1) is 11.3 Å². The van der Waals surface area contributed by atoms with Crippen LogP contribution in [-0.4, -0.2) is 12.1 Å². The van der Waals surface area contributed by atoms with Crippen LogP contribution in [0.2, 0.25) is 0 Å². The van der Waals surface area contributed by atoms with Crippen molar-refractivity contribution in [3.63, 3.8) is 0 Å². The Labute approximate surface area is 99.9 Å². The van der Waals surface area contributed by atoms with Crippen molar-refractivity contribution in [2.45, 2.75) is 19.8 Å². The second kappa shape index (κ2) is 4.66. The van der Waals surface area contributed by atoms with Gasteiger partial charge >= 0.3 is 0 Å². The lowest BCUT2D eigenvalue weighted by molar-refractivity contribution is 0.416. The van der Waals surface area contributed by atoms with E-state index in [-0.39, 0.29) is 0 Å².